The van der Waals surface area contributed by atoms with Crippen molar-refractivity contribution in [3.63, 3.8) is 0 Å². The minimum atomic E-state index is -4.82. The quantitative estimate of drug-likeness (QED) is 0.184. The highest BCUT2D eigenvalue weighted by molar-refractivity contribution is 5.96. The zero-order chi connectivity index (χ0) is 28.3. The largest absolute Gasteiger partial charge is 0.465 e. The Kier molecular flexibility index (Phi) is 7.73. The molecule has 0 bridgehead atoms. The van der Waals surface area contributed by atoms with Crippen molar-refractivity contribution in [3.8, 4) is 11.1 Å². The molecule has 0 unspecified atom stereocenters. The molecule has 1 saturated heterocycles. The van der Waals surface area contributed by atoms with Gasteiger partial charge in [0, 0.05) is 19.5 Å². The summed E-state index contributed by atoms with van der Waals surface area (Å²) in [6.45, 7) is 0.958. The number of aromatic nitrogens is 1. The predicted molar refractivity (Wildman–Crippen MR) is 143 cm³/mol. The highest BCUT2D eigenvalue weighted by atomic mass is 19.4. The molecule has 3 aromatic carbocycles. The third-order valence-electron chi connectivity index (χ3n) is 7.13. The van der Waals surface area contributed by atoms with E-state index in [1.165, 1.54) is 12.7 Å². The number of esters is 1. The summed E-state index contributed by atoms with van der Waals surface area (Å²) in [6.07, 6.45) is -3.60. The number of piperidine rings is 1. The summed E-state index contributed by atoms with van der Waals surface area (Å²) in [4.78, 5) is 30.0. The summed E-state index contributed by atoms with van der Waals surface area (Å²) < 4.78 is 51.7. The van der Waals surface area contributed by atoms with Crippen LogP contribution in [0.4, 0.5) is 19.2 Å². The fourth-order valence-corrected chi connectivity index (χ4v) is 4.95. The number of anilines is 1. The summed E-state index contributed by atoms with van der Waals surface area (Å²) in [5, 5.41) is 0. The number of methoxy groups -OCH3 is 1. The van der Waals surface area contributed by atoms with Crippen LogP contribution in [0.5, 0.6) is 0 Å². The molecule has 0 aliphatic carbocycles. The van der Waals surface area contributed by atoms with E-state index in [4.69, 9.17) is 9.15 Å². The van der Waals surface area contributed by atoms with Crippen molar-refractivity contribution in [2.75, 3.05) is 25.1 Å². The fourth-order valence-electron chi connectivity index (χ4n) is 4.95. The number of ether oxygens (including phenoxy) is 1. The number of hydrogen-bond donors (Lipinski definition) is 0. The smallest absolute Gasteiger partial charge is 0.437 e. The number of halogens is 3. The van der Waals surface area contributed by atoms with Gasteiger partial charge in [-0.3, -0.25) is 4.79 Å². The molecule has 1 fully saturated rings. The van der Waals surface area contributed by atoms with Crippen LogP contribution in [0.25, 0.3) is 11.1 Å². The van der Waals surface area contributed by atoms with E-state index in [1.54, 1.807) is 53.4 Å². The van der Waals surface area contributed by atoms with Gasteiger partial charge >= 0.3 is 12.1 Å². The van der Waals surface area contributed by atoms with Crippen LogP contribution in [0.3, 0.4) is 0 Å². The van der Waals surface area contributed by atoms with Gasteiger partial charge in [0.25, 0.3) is 6.01 Å². The molecule has 206 valence electrons. The van der Waals surface area contributed by atoms with Crippen molar-refractivity contribution in [2.45, 2.75) is 31.4 Å². The van der Waals surface area contributed by atoms with Crippen molar-refractivity contribution in [2.24, 2.45) is 0 Å². The zero-order valence-electron chi connectivity index (χ0n) is 21.8. The number of oxazole rings is 1. The maximum Gasteiger partial charge on any atom is 0.437 e. The first kappa shape index (κ1) is 27.2. The van der Waals surface area contributed by atoms with Gasteiger partial charge in [-0.05, 0) is 53.1 Å². The second kappa shape index (κ2) is 11.4. The normalized spacial score (nSPS) is 14.2. The van der Waals surface area contributed by atoms with E-state index in [2.05, 4.69) is 17.1 Å². The molecule has 40 heavy (non-hydrogen) atoms. The summed E-state index contributed by atoms with van der Waals surface area (Å²) in [7, 11) is 1.31. The minimum Gasteiger partial charge on any atom is -0.465 e. The molecule has 4 aromatic rings. The standard InChI is InChI=1S/C31H27F3N2O4/c1-39-29(38)25-13-11-23(12-14-25)22-9-7-20(8-10-22)19-26(37)27-28(31(32,33)34)35-30(40-27)36-17-15-24(16-18-36)21-5-3-2-4-6-21/h2-14,24H,15-19H2,1H3. The Morgan fingerprint density at radius 3 is 2.10 bits per heavy atom. The lowest BCUT2D eigenvalue weighted by molar-refractivity contribution is -0.141. The lowest BCUT2D eigenvalue weighted by Gasteiger charge is -2.31. The highest BCUT2D eigenvalue weighted by Gasteiger charge is 2.42. The van der Waals surface area contributed by atoms with E-state index in [1.807, 2.05) is 18.2 Å². The molecule has 0 amide bonds. The Morgan fingerprint density at radius 1 is 0.925 bits per heavy atom. The first-order valence-electron chi connectivity index (χ1n) is 12.9. The average Bonchev–Trinajstić information content (AvgIpc) is 3.45. The van der Waals surface area contributed by atoms with Gasteiger partial charge in [-0.25, -0.2) is 4.79 Å². The number of carbonyl (C=O) groups excluding carboxylic acids is 2. The van der Waals surface area contributed by atoms with E-state index in [0.717, 1.165) is 24.0 Å². The minimum absolute atomic E-state index is 0.173. The number of alkyl halides is 3. The Labute approximate surface area is 229 Å². The Balaban J connectivity index is 1.29. The van der Waals surface area contributed by atoms with Crippen LogP contribution < -0.4 is 4.90 Å². The number of Topliss-reactive ketones (excluding diaryl/α,β-unsaturated/α-hetero) is 1. The third kappa shape index (κ3) is 5.93. The first-order valence-corrected chi connectivity index (χ1v) is 12.9. The molecule has 0 radical (unpaired) electrons. The molecule has 0 atom stereocenters. The predicted octanol–water partition coefficient (Wildman–Crippen LogP) is 6.96. The van der Waals surface area contributed by atoms with Gasteiger partial charge in [0.1, 0.15) is 0 Å². The highest BCUT2D eigenvalue weighted by Crippen LogP contribution is 2.37. The fraction of sp³-hybridized carbons (Fsp3) is 0.258. The van der Waals surface area contributed by atoms with Crippen LogP contribution in [-0.2, 0) is 17.3 Å². The zero-order valence-corrected chi connectivity index (χ0v) is 21.8. The number of rotatable bonds is 7. The molecule has 5 rings (SSSR count). The Morgan fingerprint density at radius 2 is 1.52 bits per heavy atom. The SMILES string of the molecule is COC(=O)c1ccc(-c2ccc(CC(=O)c3oc(N4CCC(c5ccccc5)CC4)nc3C(F)(F)F)cc2)cc1. The molecule has 0 spiro atoms. The van der Waals surface area contributed by atoms with Crippen molar-refractivity contribution < 1.29 is 31.9 Å². The van der Waals surface area contributed by atoms with Gasteiger partial charge in [-0.2, -0.15) is 18.2 Å². The summed E-state index contributed by atoms with van der Waals surface area (Å²) in [5.41, 5.74) is 2.52. The van der Waals surface area contributed by atoms with Crippen LogP contribution in [0.2, 0.25) is 0 Å². The van der Waals surface area contributed by atoms with Crippen LogP contribution in [-0.4, -0.2) is 36.9 Å². The molecule has 1 aliphatic rings. The average molecular weight is 549 g/mol. The summed E-state index contributed by atoms with van der Waals surface area (Å²) >= 11 is 0. The van der Waals surface area contributed by atoms with Crippen LogP contribution in [0.15, 0.2) is 83.3 Å². The Hall–Kier alpha value is -4.40. The topological polar surface area (TPSA) is 72.6 Å². The first-order chi connectivity index (χ1) is 19.2. The Bertz CT molecular complexity index is 1470. The number of hydrogen-bond acceptors (Lipinski definition) is 6. The van der Waals surface area contributed by atoms with Gasteiger partial charge in [-0.1, -0.05) is 66.7 Å². The number of carbonyl (C=O) groups is 2. The van der Waals surface area contributed by atoms with Crippen molar-refractivity contribution >= 4 is 17.8 Å². The van der Waals surface area contributed by atoms with E-state index < -0.39 is 29.4 Å². The van der Waals surface area contributed by atoms with Crippen LogP contribution >= 0.6 is 0 Å². The molecule has 0 saturated carbocycles. The second-order valence-corrected chi connectivity index (χ2v) is 9.71. The lowest BCUT2D eigenvalue weighted by Crippen LogP contribution is -2.33. The van der Waals surface area contributed by atoms with Gasteiger partial charge in [0.05, 0.1) is 12.7 Å². The molecule has 1 aromatic heterocycles. The van der Waals surface area contributed by atoms with E-state index in [0.29, 0.717) is 30.1 Å². The van der Waals surface area contributed by atoms with Crippen LogP contribution in [0.1, 0.15) is 56.5 Å². The maximum atomic E-state index is 13.8. The number of nitrogens with zero attached hydrogens (tertiary/aromatic N) is 2. The van der Waals surface area contributed by atoms with Gasteiger partial charge in [0.2, 0.25) is 11.5 Å². The molecule has 1 aliphatic heterocycles. The summed E-state index contributed by atoms with van der Waals surface area (Å²) in [5.74, 6) is -1.69. The molecule has 9 heteroatoms. The van der Waals surface area contributed by atoms with Crippen molar-refractivity contribution in [3.05, 3.63) is 107 Å². The van der Waals surface area contributed by atoms with Gasteiger partial charge in [0.15, 0.2) is 5.69 Å². The number of benzene rings is 3. The van der Waals surface area contributed by atoms with Gasteiger partial charge < -0.3 is 14.1 Å². The molecule has 6 nitrogen and oxygen atoms in total. The van der Waals surface area contributed by atoms with Crippen LogP contribution in [0, 0.1) is 0 Å². The van der Waals surface area contributed by atoms with Crippen molar-refractivity contribution in [1.82, 2.24) is 4.98 Å². The van der Waals surface area contributed by atoms with Gasteiger partial charge in [-0.15, -0.1) is 0 Å². The van der Waals surface area contributed by atoms with E-state index in [9.17, 15) is 22.8 Å². The molecule has 0 N–H and O–H groups in total. The molecular weight excluding hydrogens is 521 g/mol. The number of ketones is 1. The maximum absolute atomic E-state index is 13.8. The van der Waals surface area contributed by atoms with Crippen molar-refractivity contribution in [1.29, 1.82) is 0 Å². The third-order valence-corrected chi connectivity index (χ3v) is 7.13. The monoisotopic (exact) mass is 548 g/mol. The second-order valence-electron chi connectivity index (χ2n) is 9.71. The van der Waals surface area contributed by atoms with E-state index >= 15 is 0 Å². The molecule has 2 heterocycles. The lowest BCUT2D eigenvalue weighted by atomic mass is 9.90. The van der Waals surface area contributed by atoms with E-state index in [-0.39, 0.29) is 12.4 Å². The summed E-state index contributed by atoms with van der Waals surface area (Å²) in [6, 6.07) is 23.5. The molecular formula is C31H27F3N2O4.